The van der Waals surface area contributed by atoms with Gasteiger partial charge in [0.1, 0.15) is 0 Å². The van der Waals surface area contributed by atoms with E-state index in [1.54, 1.807) is 30.6 Å². The quantitative estimate of drug-likeness (QED) is 0.526. The molecule has 0 aliphatic rings. The number of aromatic nitrogens is 2. The number of carbonyl (C=O) groups excluding carboxylic acids is 1. The lowest BCUT2D eigenvalue weighted by Gasteiger charge is -2.06. The van der Waals surface area contributed by atoms with E-state index in [0.717, 1.165) is 10.5 Å². The Balaban J connectivity index is 2.22. The second kappa shape index (κ2) is 5.71. The van der Waals surface area contributed by atoms with E-state index in [2.05, 4.69) is 14.7 Å². The Labute approximate surface area is 115 Å². The van der Waals surface area contributed by atoms with Crippen LogP contribution < -0.4 is 5.73 Å². The maximum absolute atomic E-state index is 11.4. The number of nitrogen functional groups attached to an aromatic ring is 1. The molecule has 0 unspecified atom stereocenters. The molecule has 1 heterocycles. The summed E-state index contributed by atoms with van der Waals surface area (Å²) in [7, 11) is 1.33. The first-order valence-corrected chi connectivity index (χ1v) is 6.36. The Hall–Kier alpha value is -2.08. The van der Waals surface area contributed by atoms with Crippen molar-refractivity contribution in [2.24, 2.45) is 0 Å². The van der Waals surface area contributed by atoms with Crippen molar-refractivity contribution in [3.8, 4) is 0 Å². The molecule has 0 fully saturated rings. The lowest BCUT2D eigenvalue weighted by molar-refractivity contribution is 0.0600. The van der Waals surface area contributed by atoms with Gasteiger partial charge in [0, 0.05) is 23.0 Å². The SMILES string of the molecule is COC(=O)c1ccc(Sc2ncc(C)cn2)c(N)c1. The fourth-order valence-electron chi connectivity index (χ4n) is 1.42. The molecule has 0 saturated heterocycles. The molecule has 0 aliphatic heterocycles. The molecule has 0 atom stereocenters. The van der Waals surface area contributed by atoms with Crippen molar-refractivity contribution in [2.45, 2.75) is 17.0 Å². The molecule has 1 aromatic carbocycles. The molecule has 0 bridgehead atoms. The van der Waals surface area contributed by atoms with Crippen LogP contribution in [0.25, 0.3) is 0 Å². The number of methoxy groups -OCH3 is 1. The first-order valence-electron chi connectivity index (χ1n) is 5.54. The summed E-state index contributed by atoms with van der Waals surface area (Å²) in [5.74, 6) is -0.408. The third-order valence-electron chi connectivity index (χ3n) is 2.39. The summed E-state index contributed by atoms with van der Waals surface area (Å²) in [5, 5.41) is 0.614. The van der Waals surface area contributed by atoms with Crippen molar-refractivity contribution in [1.82, 2.24) is 9.97 Å². The van der Waals surface area contributed by atoms with Crippen LogP contribution in [0.1, 0.15) is 15.9 Å². The minimum Gasteiger partial charge on any atom is -0.465 e. The van der Waals surface area contributed by atoms with E-state index in [1.165, 1.54) is 18.9 Å². The van der Waals surface area contributed by atoms with Gasteiger partial charge in [-0.3, -0.25) is 0 Å². The number of rotatable bonds is 3. The first-order chi connectivity index (χ1) is 9.10. The largest absolute Gasteiger partial charge is 0.465 e. The average molecular weight is 275 g/mol. The summed E-state index contributed by atoms with van der Waals surface area (Å²) in [6, 6.07) is 5.01. The van der Waals surface area contributed by atoms with Crippen LogP contribution in [0.3, 0.4) is 0 Å². The number of ether oxygens (including phenoxy) is 1. The Morgan fingerprint density at radius 1 is 1.32 bits per heavy atom. The van der Waals surface area contributed by atoms with E-state index in [0.29, 0.717) is 16.4 Å². The van der Waals surface area contributed by atoms with E-state index >= 15 is 0 Å². The van der Waals surface area contributed by atoms with Crippen LogP contribution >= 0.6 is 11.8 Å². The fourth-order valence-corrected chi connectivity index (χ4v) is 2.14. The molecule has 2 N–H and O–H groups in total. The van der Waals surface area contributed by atoms with Crippen molar-refractivity contribution in [2.75, 3.05) is 12.8 Å². The summed E-state index contributed by atoms with van der Waals surface area (Å²) in [6.07, 6.45) is 3.49. The number of aryl methyl sites for hydroxylation is 1. The van der Waals surface area contributed by atoms with E-state index in [4.69, 9.17) is 5.73 Å². The zero-order valence-electron chi connectivity index (χ0n) is 10.6. The van der Waals surface area contributed by atoms with E-state index in [9.17, 15) is 4.79 Å². The zero-order valence-corrected chi connectivity index (χ0v) is 11.4. The predicted octanol–water partition coefficient (Wildman–Crippen LogP) is 2.31. The zero-order chi connectivity index (χ0) is 13.8. The highest BCUT2D eigenvalue weighted by molar-refractivity contribution is 7.99. The molecule has 0 amide bonds. The molecule has 19 heavy (non-hydrogen) atoms. The Morgan fingerprint density at radius 3 is 2.58 bits per heavy atom. The third-order valence-corrected chi connectivity index (χ3v) is 3.37. The molecule has 2 rings (SSSR count). The third kappa shape index (κ3) is 3.23. The van der Waals surface area contributed by atoms with Crippen LogP contribution in [0.2, 0.25) is 0 Å². The van der Waals surface area contributed by atoms with Crippen LogP contribution in [-0.4, -0.2) is 23.0 Å². The maximum Gasteiger partial charge on any atom is 0.337 e. The Morgan fingerprint density at radius 2 is 2.00 bits per heavy atom. The molecule has 5 nitrogen and oxygen atoms in total. The standard InChI is InChI=1S/C13H13N3O2S/c1-8-6-15-13(16-7-8)19-11-4-3-9(5-10(11)14)12(17)18-2/h3-7H,14H2,1-2H3. The number of carbonyl (C=O) groups is 1. The highest BCUT2D eigenvalue weighted by Gasteiger charge is 2.09. The molecule has 0 radical (unpaired) electrons. The normalized spacial score (nSPS) is 10.2. The average Bonchev–Trinajstić information content (AvgIpc) is 2.42. The summed E-state index contributed by atoms with van der Waals surface area (Å²) in [6.45, 7) is 1.92. The lowest BCUT2D eigenvalue weighted by atomic mass is 10.2. The molecular formula is C13H13N3O2S. The maximum atomic E-state index is 11.4. The monoisotopic (exact) mass is 275 g/mol. The van der Waals surface area contributed by atoms with Crippen LogP contribution in [0.15, 0.2) is 40.6 Å². The number of hydrogen-bond donors (Lipinski definition) is 1. The first kappa shape index (κ1) is 13.4. The predicted molar refractivity (Wildman–Crippen MR) is 73.1 cm³/mol. The van der Waals surface area contributed by atoms with Gasteiger partial charge >= 0.3 is 5.97 Å². The van der Waals surface area contributed by atoms with E-state index < -0.39 is 5.97 Å². The van der Waals surface area contributed by atoms with Gasteiger partial charge in [-0.05, 0) is 42.4 Å². The van der Waals surface area contributed by atoms with Crippen LogP contribution in [-0.2, 0) is 4.74 Å². The van der Waals surface area contributed by atoms with Crippen molar-refractivity contribution in [3.05, 3.63) is 41.7 Å². The van der Waals surface area contributed by atoms with Gasteiger partial charge in [0.15, 0.2) is 5.16 Å². The number of benzene rings is 1. The molecular weight excluding hydrogens is 262 g/mol. The van der Waals surface area contributed by atoms with Gasteiger partial charge in [0.25, 0.3) is 0 Å². The highest BCUT2D eigenvalue weighted by Crippen LogP contribution is 2.30. The minimum absolute atomic E-state index is 0.408. The summed E-state index contributed by atoms with van der Waals surface area (Å²) in [4.78, 5) is 20.6. The minimum atomic E-state index is -0.408. The molecule has 0 spiro atoms. The second-order valence-electron chi connectivity index (χ2n) is 3.89. The van der Waals surface area contributed by atoms with Gasteiger partial charge in [-0.1, -0.05) is 0 Å². The molecule has 0 saturated carbocycles. The lowest BCUT2D eigenvalue weighted by Crippen LogP contribution is -2.02. The summed E-state index contributed by atoms with van der Waals surface area (Å²) >= 11 is 1.35. The van der Waals surface area contributed by atoms with Crippen LogP contribution in [0.5, 0.6) is 0 Å². The summed E-state index contributed by atoms with van der Waals surface area (Å²) in [5.41, 5.74) is 7.83. The van der Waals surface area contributed by atoms with E-state index in [1.807, 2.05) is 6.92 Å². The van der Waals surface area contributed by atoms with Gasteiger partial charge in [-0.15, -0.1) is 0 Å². The van der Waals surface area contributed by atoms with Gasteiger partial charge < -0.3 is 10.5 Å². The smallest absolute Gasteiger partial charge is 0.337 e. The second-order valence-corrected chi connectivity index (χ2v) is 4.90. The Bertz CT molecular complexity index is 599. The van der Waals surface area contributed by atoms with Gasteiger partial charge in [0.05, 0.1) is 12.7 Å². The van der Waals surface area contributed by atoms with Gasteiger partial charge in [-0.2, -0.15) is 0 Å². The van der Waals surface area contributed by atoms with Gasteiger partial charge in [-0.25, -0.2) is 14.8 Å². The van der Waals surface area contributed by atoms with Crippen LogP contribution in [0.4, 0.5) is 5.69 Å². The van der Waals surface area contributed by atoms with Crippen LogP contribution in [0, 0.1) is 6.92 Å². The van der Waals surface area contributed by atoms with Crippen molar-refractivity contribution >= 4 is 23.4 Å². The molecule has 2 aromatic rings. The molecule has 1 aromatic heterocycles. The van der Waals surface area contributed by atoms with Crippen molar-refractivity contribution in [1.29, 1.82) is 0 Å². The number of esters is 1. The Kier molecular flexibility index (Phi) is 4.01. The summed E-state index contributed by atoms with van der Waals surface area (Å²) < 4.78 is 4.64. The van der Waals surface area contributed by atoms with Crippen molar-refractivity contribution < 1.29 is 9.53 Å². The van der Waals surface area contributed by atoms with Gasteiger partial charge in [0.2, 0.25) is 0 Å². The van der Waals surface area contributed by atoms with Crippen molar-refractivity contribution in [3.63, 3.8) is 0 Å². The number of nitrogens with zero attached hydrogens (tertiary/aromatic N) is 2. The fraction of sp³-hybridized carbons (Fsp3) is 0.154. The molecule has 6 heteroatoms. The molecule has 98 valence electrons. The number of hydrogen-bond acceptors (Lipinski definition) is 6. The molecule has 0 aliphatic carbocycles. The highest BCUT2D eigenvalue weighted by atomic mass is 32.2. The number of anilines is 1. The topological polar surface area (TPSA) is 78.1 Å². The van der Waals surface area contributed by atoms with E-state index in [-0.39, 0.29) is 0 Å². The number of nitrogens with two attached hydrogens (primary N) is 1.